The van der Waals surface area contributed by atoms with Gasteiger partial charge in [0.2, 0.25) is 5.91 Å². The molecule has 1 atom stereocenters. The maximum atomic E-state index is 10.5. The molecule has 41 heavy (non-hydrogen) atoms. The first-order chi connectivity index (χ1) is 19.9. The van der Waals surface area contributed by atoms with Crippen molar-refractivity contribution in [1.29, 1.82) is 0 Å². The fraction of sp³-hybridized carbons (Fsp3) is 0.919. The predicted molar refractivity (Wildman–Crippen MR) is 179 cm³/mol. The second-order valence-corrected chi connectivity index (χ2v) is 14.7. The number of hydrogen-bond acceptors (Lipinski definition) is 3. The van der Waals surface area contributed by atoms with Gasteiger partial charge in [-0.3, -0.25) is 4.79 Å². The van der Waals surface area contributed by atoms with Crippen LogP contribution in [0.15, 0.2) is 12.2 Å². The Bertz CT molecular complexity index is 646. The molecular formula is C37H71N3O. The number of allylic oxidation sites excluding steroid dienone is 2. The molecule has 0 saturated heterocycles. The third-order valence-corrected chi connectivity index (χ3v) is 10.7. The third kappa shape index (κ3) is 16.0. The summed E-state index contributed by atoms with van der Waals surface area (Å²) in [6.07, 6.45) is 37.9. The van der Waals surface area contributed by atoms with Crippen LogP contribution in [0.3, 0.4) is 0 Å². The van der Waals surface area contributed by atoms with Crippen molar-refractivity contribution in [2.75, 3.05) is 6.54 Å². The molecular weight excluding hydrogens is 502 g/mol. The van der Waals surface area contributed by atoms with Crippen LogP contribution in [0.1, 0.15) is 174 Å². The van der Waals surface area contributed by atoms with Gasteiger partial charge in [0.15, 0.2) is 0 Å². The van der Waals surface area contributed by atoms with Gasteiger partial charge in [-0.15, -0.1) is 0 Å². The first-order valence-corrected chi connectivity index (χ1v) is 18.3. The van der Waals surface area contributed by atoms with Crippen LogP contribution in [0.2, 0.25) is 0 Å². The Hall–Kier alpha value is -0.870. The lowest BCUT2D eigenvalue weighted by Crippen LogP contribution is -2.49. The summed E-state index contributed by atoms with van der Waals surface area (Å²) in [5.41, 5.74) is 17.4. The Morgan fingerprint density at radius 1 is 0.756 bits per heavy atom. The summed E-state index contributed by atoms with van der Waals surface area (Å²) in [6.45, 7) is 5.37. The molecule has 0 radical (unpaired) electrons. The highest BCUT2D eigenvalue weighted by Gasteiger charge is 2.49. The number of nitrogens with two attached hydrogens (primary N) is 3. The van der Waals surface area contributed by atoms with E-state index in [0.29, 0.717) is 17.9 Å². The van der Waals surface area contributed by atoms with E-state index < -0.39 is 0 Å². The van der Waals surface area contributed by atoms with Gasteiger partial charge in [0.25, 0.3) is 0 Å². The molecule has 5 aliphatic carbocycles. The van der Waals surface area contributed by atoms with Crippen LogP contribution >= 0.6 is 0 Å². The Morgan fingerprint density at radius 2 is 1.22 bits per heavy atom. The number of carbonyl (C=O) groups excluding carboxylic acids is 1. The minimum absolute atomic E-state index is 0.164. The lowest BCUT2D eigenvalue weighted by atomic mass is 9.50. The molecule has 0 spiro atoms. The Labute approximate surface area is 255 Å². The normalized spacial score (nSPS) is 27.7. The summed E-state index contributed by atoms with van der Waals surface area (Å²) >= 11 is 0. The molecule has 4 bridgehead atoms. The molecule has 240 valence electrons. The van der Waals surface area contributed by atoms with Crippen LogP contribution in [0.25, 0.3) is 0 Å². The molecule has 0 heterocycles. The molecule has 4 heteroatoms. The first kappa shape index (κ1) is 36.3. The van der Waals surface area contributed by atoms with Crippen molar-refractivity contribution >= 4 is 5.91 Å². The molecule has 6 N–H and O–H groups in total. The number of hydrogen-bond donors (Lipinski definition) is 3. The van der Waals surface area contributed by atoms with E-state index in [9.17, 15) is 4.79 Å². The Morgan fingerprint density at radius 3 is 1.63 bits per heavy atom. The summed E-state index contributed by atoms with van der Waals surface area (Å²) in [5, 5.41) is 0. The molecule has 5 fully saturated rings. The number of primary amides is 1. The zero-order valence-corrected chi connectivity index (χ0v) is 27.6. The van der Waals surface area contributed by atoms with E-state index in [2.05, 4.69) is 26.0 Å². The van der Waals surface area contributed by atoms with Gasteiger partial charge in [0.1, 0.15) is 0 Å². The number of rotatable bonds is 17. The van der Waals surface area contributed by atoms with E-state index in [1.54, 1.807) is 0 Å². The van der Waals surface area contributed by atoms with Crippen molar-refractivity contribution in [3.8, 4) is 0 Å². The molecule has 0 aromatic heterocycles. The van der Waals surface area contributed by atoms with Gasteiger partial charge in [-0.2, -0.15) is 0 Å². The summed E-state index contributed by atoms with van der Waals surface area (Å²) in [6, 6.07) is 0.435. The van der Waals surface area contributed by atoms with Crippen LogP contribution in [0, 0.1) is 29.1 Å². The van der Waals surface area contributed by atoms with Crippen LogP contribution in [-0.2, 0) is 4.79 Å². The fourth-order valence-electron chi connectivity index (χ4n) is 8.57. The van der Waals surface area contributed by atoms with Gasteiger partial charge in [-0.05, 0) is 126 Å². The SMILES string of the molecule is CCCCCCCCC=CCCCCCCCC(N)=O.C[C@H](N)C1CCCCC1.NCC12CC3CC(CC(C3)C1)C2. The smallest absolute Gasteiger partial charge is 0.217 e. The van der Waals surface area contributed by atoms with Gasteiger partial charge in [-0.1, -0.05) is 89.7 Å². The number of carbonyl (C=O) groups is 1. The maximum Gasteiger partial charge on any atom is 0.217 e. The lowest BCUT2D eigenvalue weighted by molar-refractivity contribution is -0.118. The van der Waals surface area contributed by atoms with Gasteiger partial charge in [0, 0.05) is 12.5 Å². The monoisotopic (exact) mass is 574 g/mol. The molecule has 1 amide bonds. The number of unbranched alkanes of at least 4 members (excludes halogenated alkanes) is 11. The van der Waals surface area contributed by atoms with Gasteiger partial charge < -0.3 is 17.2 Å². The topological polar surface area (TPSA) is 95.1 Å². The summed E-state index contributed by atoms with van der Waals surface area (Å²) < 4.78 is 0. The second-order valence-electron chi connectivity index (χ2n) is 14.7. The van der Waals surface area contributed by atoms with E-state index in [1.807, 2.05) is 0 Å². The summed E-state index contributed by atoms with van der Waals surface area (Å²) in [5.74, 6) is 3.88. The highest BCUT2D eigenvalue weighted by atomic mass is 16.1. The Balaban J connectivity index is 0.000000234. The summed E-state index contributed by atoms with van der Waals surface area (Å²) in [7, 11) is 0. The van der Waals surface area contributed by atoms with Crippen molar-refractivity contribution in [1.82, 2.24) is 0 Å². The average molecular weight is 574 g/mol. The highest BCUT2D eigenvalue weighted by molar-refractivity contribution is 5.73. The zero-order valence-electron chi connectivity index (χ0n) is 27.6. The van der Waals surface area contributed by atoms with Crippen molar-refractivity contribution in [3.63, 3.8) is 0 Å². The third-order valence-electron chi connectivity index (χ3n) is 10.7. The molecule has 5 saturated carbocycles. The van der Waals surface area contributed by atoms with Crippen molar-refractivity contribution in [2.45, 2.75) is 180 Å². The van der Waals surface area contributed by atoms with Crippen LogP contribution in [-0.4, -0.2) is 18.5 Å². The van der Waals surface area contributed by atoms with Crippen molar-refractivity contribution < 1.29 is 4.79 Å². The van der Waals surface area contributed by atoms with Crippen molar-refractivity contribution in [3.05, 3.63) is 12.2 Å². The molecule has 5 rings (SSSR count). The fourth-order valence-corrected chi connectivity index (χ4v) is 8.57. The maximum absolute atomic E-state index is 10.5. The zero-order chi connectivity index (χ0) is 29.8. The first-order valence-electron chi connectivity index (χ1n) is 18.3. The predicted octanol–water partition coefficient (Wildman–Crippen LogP) is 9.58. The quantitative estimate of drug-likeness (QED) is 0.119. The van der Waals surface area contributed by atoms with Gasteiger partial charge >= 0.3 is 0 Å². The standard InChI is InChI=1S/C18H35NO.C11H19N.C8H17N/c1-2-3-4-5-6-7-8-9-10-11-12-13-14-15-16-17-18(19)20;12-7-11-4-8-1-9(5-11)3-10(2-8)6-11;1-7(9)8-5-3-2-4-6-8/h9-10H,2-8,11-17H2,1H3,(H2,19,20);8-10H,1-7,12H2;7-8H,2-6,9H2,1H3/t;;7-/m..0/s1. The Kier molecular flexibility index (Phi) is 19.3. The molecule has 4 nitrogen and oxygen atoms in total. The highest BCUT2D eigenvalue weighted by Crippen LogP contribution is 2.59. The van der Waals surface area contributed by atoms with Crippen molar-refractivity contribution in [2.24, 2.45) is 46.3 Å². The second kappa shape index (κ2) is 21.8. The molecule has 0 aliphatic heterocycles. The molecule has 5 aliphatic rings. The van der Waals surface area contributed by atoms with E-state index in [0.717, 1.165) is 43.1 Å². The minimum Gasteiger partial charge on any atom is -0.370 e. The minimum atomic E-state index is -0.164. The van der Waals surface area contributed by atoms with Crippen LogP contribution in [0.5, 0.6) is 0 Å². The van der Waals surface area contributed by atoms with Crippen LogP contribution in [0.4, 0.5) is 0 Å². The van der Waals surface area contributed by atoms with E-state index in [-0.39, 0.29) is 5.91 Å². The van der Waals surface area contributed by atoms with Crippen LogP contribution < -0.4 is 17.2 Å². The summed E-state index contributed by atoms with van der Waals surface area (Å²) in [4.78, 5) is 10.5. The molecule has 0 aromatic carbocycles. The molecule has 0 unspecified atom stereocenters. The lowest BCUT2D eigenvalue weighted by Gasteiger charge is -2.56. The molecule has 0 aromatic rings. The van der Waals surface area contributed by atoms with E-state index in [1.165, 1.54) is 141 Å². The number of amides is 1. The van der Waals surface area contributed by atoms with E-state index >= 15 is 0 Å². The van der Waals surface area contributed by atoms with Gasteiger partial charge in [-0.25, -0.2) is 0 Å². The average Bonchev–Trinajstić information content (AvgIpc) is 2.95. The van der Waals surface area contributed by atoms with E-state index in [4.69, 9.17) is 17.2 Å². The van der Waals surface area contributed by atoms with Gasteiger partial charge in [0.05, 0.1) is 0 Å². The largest absolute Gasteiger partial charge is 0.370 e.